The SMILES string of the molecule is CC1(C(=O)O)C(C)(C(=O)O)[C@]2(C)C=C[C@]1(C)C2. The van der Waals surface area contributed by atoms with Crippen molar-refractivity contribution < 1.29 is 19.8 Å². The molecule has 1 saturated carbocycles. The highest BCUT2D eigenvalue weighted by atomic mass is 16.4. The van der Waals surface area contributed by atoms with Crippen LogP contribution in [0.5, 0.6) is 0 Å². The van der Waals surface area contributed by atoms with Crippen LogP contribution in [0.25, 0.3) is 0 Å². The topological polar surface area (TPSA) is 74.6 Å². The van der Waals surface area contributed by atoms with Crippen molar-refractivity contribution in [1.29, 1.82) is 0 Å². The second-order valence-corrected chi connectivity index (χ2v) is 6.21. The average molecular weight is 238 g/mol. The summed E-state index contributed by atoms with van der Waals surface area (Å²) in [5, 5.41) is 19.1. The monoisotopic (exact) mass is 238 g/mol. The maximum atomic E-state index is 11.7. The number of aliphatic carboxylic acids is 2. The molecule has 1 fully saturated rings. The molecule has 17 heavy (non-hydrogen) atoms. The number of hydrogen-bond acceptors (Lipinski definition) is 2. The van der Waals surface area contributed by atoms with Crippen LogP contribution in [0.1, 0.15) is 34.1 Å². The van der Waals surface area contributed by atoms with Gasteiger partial charge in [0.2, 0.25) is 0 Å². The molecule has 0 aliphatic heterocycles. The minimum Gasteiger partial charge on any atom is -0.481 e. The Bertz CT molecular complexity index is 414. The summed E-state index contributed by atoms with van der Waals surface area (Å²) < 4.78 is 0. The van der Waals surface area contributed by atoms with E-state index in [1.54, 1.807) is 13.8 Å². The van der Waals surface area contributed by atoms with Crippen molar-refractivity contribution in [2.45, 2.75) is 34.1 Å². The second kappa shape index (κ2) is 2.74. The molecule has 2 aliphatic carbocycles. The molecule has 4 nitrogen and oxygen atoms in total. The fourth-order valence-corrected chi connectivity index (χ4v) is 3.99. The number of rotatable bonds is 2. The van der Waals surface area contributed by atoms with Gasteiger partial charge in [0.15, 0.2) is 0 Å². The van der Waals surface area contributed by atoms with E-state index in [-0.39, 0.29) is 0 Å². The van der Waals surface area contributed by atoms with Gasteiger partial charge in [-0.2, -0.15) is 0 Å². The highest BCUT2D eigenvalue weighted by Crippen LogP contribution is 2.75. The Balaban J connectivity index is 2.78. The van der Waals surface area contributed by atoms with Gasteiger partial charge >= 0.3 is 11.9 Å². The number of carboxylic acids is 2. The van der Waals surface area contributed by atoms with Crippen LogP contribution in [-0.4, -0.2) is 22.2 Å². The van der Waals surface area contributed by atoms with E-state index in [0.717, 1.165) is 0 Å². The van der Waals surface area contributed by atoms with Crippen LogP contribution in [0.4, 0.5) is 0 Å². The third kappa shape index (κ3) is 0.919. The summed E-state index contributed by atoms with van der Waals surface area (Å²) in [6, 6.07) is 0. The zero-order valence-electron chi connectivity index (χ0n) is 10.6. The Morgan fingerprint density at radius 1 is 0.882 bits per heavy atom. The van der Waals surface area contributed by atoms with Crippen molar-refractivity contribution in [3.63, 3.8) is 0 Å². The third-order valence-electron chi connectivity index (χ3n) is 5.69. The van der Waals surface area contributed by atoms with Crippen molar-refractivity contribution in [1.82, 2.24) is 0 Å². The van der Waals surface area contributed by atoms with Crippen LogP contribution in [0.15, 0.2) is 12.2 Å². The Morgan fingerprint density at radius 3 is 1.41 bits per heavy atom. The van der Waals surface area contributed by atoms with E-state index in [0.29, 0.717) is 6.42 Å². The summed E-state index contributed by atoms with van der Waals surface area (Å²) in [6.07, 6.45) is 4.34. The van der Waals surface area contributed by atoms with Crippen molar-refractivity contribution in [2.75, 3.05) is 0 Å². The van der Waals surface area contributed by atoms with E-state index in [1.165, 1.54) is 0 Å². The maximum absolute atomic E-state index is 11.7. The molecule has 2 rings (SSSR count). The average Bonchev–Trinajstić information content (AvgIpc) is 2.59. The first-order valence-corrected chi connectivity index (χ1v) is 5.72. The van der Waals surface area contributed by atoms with Gasteiger partial charge in [0.1, 0.15) is 0 Å². The Labute approximate surface area is 100 Å². The number of fused-ring (bicyclic) bond motifs is 2. The molecule has 2 N–H and O–H groups in total. The largest absolute Gasteiger partial charge is 0.481 e. The smallest absolute Gasteiger partial charge is 0.311 e. The minimum absolute atomic E-state index is 0.575. The third-order valence-corrected chi connectivity index (χ3v) is 5.69. The summed E-state index contributed by atoms with van der Waals surface area (Å²) in [7, 11) is 0. The van der Waals surface area contributed by atoms with Gasteiger partial charge in [-0.05, 0) is 20.3 Å². The standard InChI is InChI=1S/C13H18O4/c1-10-5-6-11(2,7-10)13(4,9(16)17)12(10,3)8(14)15/h5-6H,7H2,1-4H3,(H,14,15)(H,16,17)/t10-,11-,12?,13?/m1/s1. The van der Waals surface area contributed by atoms with Gasteiger partial charge in [-0.15, -0.1) is 0 Å². The fourth-order valence-electron chi connectivity index (χ4n) is 3.99. The van der Waals surface area contributed by atoms with Crippen LogP contribution < -0.4 is 0 Å². The fraction of sp³-hybridized carbons (Fsp3) is 0.692. The van der Waals surface area contributed by atoms with E-state index in [4.69, 9.17) is 0 Å². The second-order valence-electron chi connectivity index (χ2n) is 6.21. The van der Waals surface area contributed by atoms with Gasteiger partial charge in [0.25, 0.3) is 0 Å². The maximum Gasteiger partial charge on any atom is 0.311 e. The van der Waals surface area contributed by atoms with E-state index >= 15 is 0 Å². The van der Waals surface area contributed by atoms with Gasteiger partial charge < -0.3 is 10.2 Å². The van der Waals surface area contributed by atoms with Crippen LogP contribution in [-0.2, 0) is 9.59 Å². The Kier molecular flexibility index (Phi) is 1.96. The Morgan fingerprint density at radius 2 is 1.18 bits per heavy atom. The predicted molar refractivity (Wildman–Crippen MR) is 61.5 cm³/mol. The van der Waals surface area contributed by atoms with Crippen LogP contribution >= 0.6 is 0 Å². The van der Waals surface area contributed by atoms with Gasteiger partial charge in [-0.1, -0.05) is 26.0 Å². The molecular formula is C13H18O4. The molecule has 0 heterocycles. The lowest BCUT2D eigenvalue weighted by atomic mass is 9.52. The highest BCUT2D eigenvalue weighted by molar-refractivity contribution is 5.90. The molecule has 0 amide bonds. The van der Waals surface area contributed by atoms with Crippen molar-refractivity contribution in [2.24, 2.45) is 21.7 Å². The van der Waals surface area contributed by atoms with E-state index in [9.17, 15) is 19.8 Å². The molecule has 2 bridgehead atoms. The molecule has 94 valence electrons. The molecule has 0 aromatic heterocycles. The summed E-state index contributed by atoms with van der Waals surface area (Å²) >= 11 is 0. The lowest BCUT2D eigenvalue weighted by Crippen LogP contribution is -2.56. The molecule has 0 spiro atoms. The van der Waals surface area contributed by atoms with E-state index in [2.05, 4.69) is 0 Å². The quantitative estimate of drug-likeness (QED) is 0.723. The summed E-state index contributed by atoms with van der Waals surface area (Å²) in [6.45, 7) is 6.82. The number of carboxylic acid groups (broad SMARTS) is 2. The van der Waals surface area contributed by atoms with Crippen LogP contribution in [0.3, 0.4) is 0 Å². The minimum atomic E-state index is -1.28. The van der Waals surface area contributed by atoms with Gasteiger partial charge in [-0.3, -0.25) is 9.59 Å². The molecule has 4 heteroatoms. The van der Waals surface area contributed by atoms with Gasteiger partial charge in [-0.25, -0.2) is 0 Å². The number of carbonyl (C=O) groups is 2. The molecule has 0 aromatic carbocycles. The number of allylic oxidation sites excluding steroid dienone is 2. The summed E-state index contributed by atoms with van der Waals surface area (Å²) in [4.78, 5) is 23.4. The molecule has 0 saturated heterocycles. The molecule has 0 aromatic rings. The van der Waals surface area contributed by atoms with Gasteiger partial charge in [0, 0.05) is 10.8 Å². The van der Waals surface area contributed by atoms with Crippen LogP contribution in [0, 0.1) is 21.7 Å². The van der Waals surface area contributed by atoms with Crippen molar-refractivity contribution in [3.8, 4) is 0 Å². The summed E-state index contributed by atoms with van der Waals surface area (Å²) in [5.74, 6) is -2.06. The molecule has 2 aliphatic rings. The van der Waals surface area contributed by atoms with E-state index < -0.39 is 33.6 Å². The highest BCUT2D eigenvalue weighted by Gasteiger charge is 2.77. The van der Waals surface area contributed by atoms with Crippen molar-refractivity contribution >= 4 is 11.9 Å². The van der Waals surface area contributed by atoms with E-state index in [1.807, 2.05) is 26.0 Å². The van der Waals surface area contributed by atoms with Crippen molar-refractivity contribution in [3.05, 3.63) is 12.2 Å². The lowest BCUT2D eigenvalue weighted by molar-refractivity contribution is -0.179. The predicted octanol–water partition coefficient (Wildman–Crippen LogP) is 2.15. The molecule has 2 unspecified atom stereocenters. The molecule has 4 atom stereocenters. The lowest BCUT2D eigenvalue weighted by Gasteiger charge is -2.48. The summed E-state index contributed by atoms with van der Waals surface area (Å²) in [5.41, 5.74) is -3.76. The first-order valence-electron chi connectivity index (χ1n) is 5.72. The Hall–Kier alpha value is -1.32. The zero-order valence-corrected chi connectivity index (χ0v) is 10.6. The van der Waals surface area contributed by atoms with Gasteiger partial charge in [0.05, 0.1) is 10.8 Å². The normalized spacial score (nSPS) is 51.8. The first-order chi connectivity index (χ1) is 7.55. The number of hydrogen-bond donors (Lipinski definition) is 2. The van der Waals surface area contributed by atoms with Crippen LogP contribution in [0.2, 0.25) is 0 Å². The first kappa shape index (κ1) is 12.1. The zero-order chi connectivity index (χ0) is 13.3. The molecule has 0 radical (unpaired) electrons. The molecular weight excluding hydrogens is 220 g/mol.